The summed E-state index contributed by atoms with van der Waals surface area (Å²) in [6.07, 6.45) is 3.75. The number of nitrogens with zero attached hydrogens (tertiary/aromatic N) is 1. The monoisotopic (exact) mass is 398 g/mol. The van der Waals surface area contributed by atoms with Gasteiger partial charge in [0.2, 0.25) is 15.9 Å². The second-order valence-corrected chi connectivity index (χ2v) is 9.82. The smallest absolute Gasteiger partial charge is 0.235 e. The maximum atomic E-state index is 13.0. The highest BCUT2D eigenvalue weighted by molar-refractivity contribution is 7.92. The van der Waals surface area contributed by atoms with Gasteiger partial charge in [-0.3, -0.25) is 9.10 Å². The Kier molecular flexibility index (Phi) is 5.15. The maximum absolute atomic E-state index is 13.0. The molecule has 0 spiro atoms. The van der Waals surface area contributed by atoms with Crippen molar-refractivity contribution in [2.45, 2.75) is 38.5 Å². The molecular weight excluding hydrogens is 372 g/mol. The lowest BCUT2D eigenvalue weighted by molar-refractivity contribution is -0.118. The third-order valence-electron chi connectivity index (χ3n) is 5.62. The van der Waals surface area contributed by atoms with E-state index in [0.29, 0.717) is 30.3 Å². The molecule has 1 atom stereocenters. The van der Waals surface area contributed by atoms with Gasteiger partial charge in [0.1, 0.15) is 0 Å². The summed E-state index contributed by atoms with van der Waals surface area (Å²) in [5.74, 6) is 0.474. The third-order valence-corrected chi connectivity index (χ3v) is 7.47. The molecule has 1 saturated carbocycles. The van der Waals surface area contributed by atoms with E-state index in [4.69, 9.17) is 0 Å². The highest BCUT2D eigenvalue weighted by atomic mass is 32.2. The Bertz CT molecular complexity index is 969. The Balaban J connectivity index is 1.54. The molecule has 1 saturated heterocycles. The van der Waals surface area contributed by atoms with Crippen LogP contribution in [0.3, 0.4) is 0 Å². The summed E-state index contributed by atoms with van der Waals surface area (Å²) >= 11 is 0. The van der Waals surface area contributed by atoms with E-state index in [0.717, 1.165) is 30.4 Å². The normalized spacial score (nSPS) is 19.8. The van der Waals surface area contributed by atoms with E-state index in [9.17, 15) is 13.2 Å². The van der Waals surface area contributed by atoms with Gasteiger partial charge >= 0.3 is 0 Å². The van der Waals surface area contributed by atoms with E-state index in [1.165, 1.54) is 4.31 Å². The first kappa shape index (κ1) is 19.0. The van der Waals surface area contributed by atoms with Gasteiger partial charge in [0.25, 0.3) is 0 Å². The largest absolute Gasteiger partial charge is 0.326 e. The third kappa shape index (κ3) is 3.92. The summed E-state index contributed by atoms with van der Waals surface area (Å²) in [7, 11) is -3.24. The number of hydrogen-bond acceptors (Lipinski definition) is 3. The van der Waals surface area contributed by atoms with Crippen molar-refractivity contribution in [1.29, 1.82) is 0 Å². The zero-order valence-electron chi connectivity index (χ0n) is 16.1. The summed E-state index contributed by atoms with van der Waals surface area (Å²) in [6, 6.07) is 15.4. The van der Waals surface area contributed by atoms with Crippen LogP contribution in [0.15, 0.2) is 48.5 Å². The van der Waals surface area contributed by atoms with Crippen molar-refractivity contribution in [1.82, 2.24) is 0 Å². The number of sulfonamides is 1. The average Bonchev–Trinajstić information content (AvgIpc) is 3.48. The minimum absolute atomic E-state index is 0.00597. The summed E-state index contributed by atoms with van der Waals surface area (Å²) in [5.41, 5.74) is 3.32. The fourth-order valence-corrected chi connectivity index (χ4v) is 5.72. The molecule has 1 heterocycles. The van der Waals surface area contributed by atoms with Crippen molar-refractivity contribution in [2.75, 3.05) is 21.9 Å². The van der Waals surface area contributed by atoms with Crippen molar-refractivity contribution in [3.63, 3.8) is 0 Å². The molecule has 2 aromatic carbocycles. The Hall–Kier alpha value is -2.34. The van der Waals surface area contributed by atoms with Gasteiger partial charge < -0.3 is 5.32 Å². The van der Waals surface area contributed by atoms with Crippen molar-refractivity contribution in [3.05, 3.63) is 59.7 Å². The van der Waals surface area contributed by atoms with Crippen LogP contribution in [0, 0.1) is 12.8 Å². The lowest BCUT2D eigenvalue weighted by Gasteiger charge is -2.29. The minimum Gasteiger partial charge on any atom is -0.326 e. The van der Waals surface area contributed by atoms with Gasteiger partial charge in [0, 0.05) is 12.2 Å². The standard InChI is InChI=1S/C22H26N2O3S/c1-16-15-19(11-12-20(16)24-13-5-6-14-28(24,26)27)23-22(25)21(18-9-10-18)17-7-3-2-4-8-17/h2-4,7-8,11-12,15,18,21H,5-6,9-10,13-14H2,1H3,(H,23,25). The van der Waals surface area contributed by atoms with Gasteiger partial charge in [-0.1, -0.05) is 30.3 Å². The molecule has 1 unspecified atom stereocenters. The average molecular weight is 399 g/mol. The van der Waals surface area contributed by atoms with Crippen LogP contribution < -0.4 is 9.62 Å². The molecule has 4 rings (SSSR count). The number of nitrogens with one attached hydrogen (secondary N) is 1. The highest BCUT2D eigenvalue weighted by Crippen LogP contribution is 2.43. The molecule has 0 radical (unpaired) electrons. The molecule has 28 heavy (non-hydrogen) atoms. The topological polar surface area (TPSA) is 66.5 Å². The second-order valence-electron chi connectivity index (χ2n) is 7.81. The van der Waals surface area contributed by atoms with Crippen LogP contribution >= 0.6 is 0 Å². The van der Waals surface area contributed by atoms with Crippen LogP contribution in [0.5, 0.6) is 0 Å². The first-order chi connectivity index (χ1) is 13.5. The molecule has 1 aliphatic carbocycles. The number of carbonyl (C=O) groups is 1. The molecular formula is C22H26N2O3S. The number of anilines is 2. The Labute approximate surface area is 166 Å². The fourth-order valence-electron chi connectivity index (χ4n) is 4.02. The van der Waals surface area contributed by atoms with Gasteiger partial charge in [0.15, 0.2) is 0 Å². The fraction of sp³-hybridized carbons (Fsp3) is 0.409. The number of benzene rings is 2. The van der Waals surface area contributed by atoms with Crippen molar-refractivity contribution in [3.8, 4) is 0 Å². The molecule has 0 bridgehead atoms. The van der Waals surface area contributed by atoms with Crippen molar-refractivity contribution in [2.24, 2.45) is 5.92 Å². The quantitative estimate of drug-likeness (QED) is 0.826. The van der Waals surface area contributed by atoms with Gasteiger partial charge in [-0.05, 0) is 67.9 Å². The molecule has 148 valence electrons. The van der Waals surface area contributed by atoms with Gasteiger partial charge in [-0.25, -0.2) is 8.42 Å². The van der Waals surface area contributed by atoms with Crippen molar-refractivity contribution >= 4 is 27.3 Å². The van der Waals surface area contributed by atoms with E-state index in [1.807, 2.05) is 49.4 Å². The first-order valence-corrected chi connectivity index (χ1v) is 11.5. The Morgan fingerprint density at radius 1 is 1.11 bits per heavy atom. The molecule has 0 aromatic heterocycles. The maximum Gasteiger partial charge on any atom is 0.235 e. The van der Waals surface area contributed by atoms with Crippen LogP contribution in [0.2, 0.25) is 0 Å². The zero-order chi connectivity index (χ0) is 19.7. The molecule has 2 aliphatic rings. The SMILES string of the molecule is Cc1cc(NC(=O)C(c2ccccc2)C2CC2)ccc1N1CCCCS1(=O)=O. The lowest BCUT2D eigenvalue weighted by atomic mass is 9.93. The molecule has 1 amide bonds. The molecule has 2 aromatic rings. The molecule has 1 N–H and O–H groups in total. The van der Waals surface area contributed by atoms with Crippen LogP contribution in [-0.4, -0.2) is 26.6 Å². The molecule has 2 fully saturated rings. The molecule has 1 aliphatic heterocycles. The summed E-state index contributed by atoms with van der Waals surface area (Å²) in [5, 5.41) is 3.05. The van der Waals surface area contributed by atoms with Crippen LogP contribution in [0.4, 0.5) is 11.4 Å². The Morgan fingerprint density at radius 3 is 2.50 bits per heavy atom. The summed E-state index contributed by atoms with van der Waals surface area (Å²) in [6.45, 7) is 2.41. The summed E-state index contributed by atoms with van der Waals surface area (Å²) in [4.78, 5) is 13.0. The number of carbonyl (C=O) groups excluding carboxylic acids is 1. The van der Waals surface area contributed by atoms with Crippen LogP contribution in [0.25, 0.3) is 0 Å². The van der Waals surface area contributed by atoms with Crippen LogP contribution in [-0.2, 0) is 14.8 Å². The van der Waals surface area contributed by atoms with Crippen molar-refractivity contribution < 1.29 is 13.2 Å². The first-order valence-electron chi connectivity index (χ1n) is 9.92. The van der Waals surface area contributed by atoms with Gasteiger partial charge in [-0.2, -0.15) is 0 Å². The zero-order valence-corrected chi connectivity index (χ0v) is 16.9. The number of amides is 1. The Morgan fingerprint density at radius 2 is 1.86 bits per heavy atom. The number of aryl methyl sites for hydroxylation is 1. The lowest BCUT2D eigenvalue weighted by Crippen LogP contribution is -2.38. The van der Waals surface area contributed by atoms with E-state index < -0.39 is 10.0 Å². The minimum atomic E-state index is -3.24. The van der Waals surface area contributed by atoms with Gasteiger partial charge in [-0.15, -0.1) is 0 Å². The predicted octanol–water partition coefficient (Wildman–Crippen LogP) is 4.06. The van der Waals surface area contributed by atoms with E-state index in [1.54, 1.807) is 6.07 Å². The number of hydrogen-bond donors (Lipinski definition) is 1. The molecule has 5 nitrogen and oxygen atoms in total. The van der Waals surface area contributed by atoms with Gasteiger partial charge in [0.05, 0.1) is 17.4 Å². The van der Waals surface area contributed by atoms with Crippen LogP contribution in [0.1, 0.15) is 42.7 Å². The van der Waals surface area contributed by atoms with E-state index in [2.05, 4.69) is 5.32 Å². The summed E-state index contributed by atoms with van der Waals surface area (Å²) < 4.78 is 26.3. The predicted molar refractivity (Wildman–Crippen MR) is 112 cm³/mol. The second kappa shape index (κ2) is 7.59. The van der Waals surface area contributed by atoms with E-state index in [-0.39, 0.29) is 17.6 Å². The number of rotatable bonds is 5. The van der Waals surface area contributed by atoms with E-state index >= 15 is 0 Å². The molecule has 6 heteroatoms. The highest BCUT2D eigenvalue weighted by Gasteiger charge is 2.37.